The van der Waals surface area contributed by atoms with Crippen molar-refractivity contribution in [2.24, 2.45) is 4.99 Å². The predicted octanol–water partition coefficient (Wildman–Crippen LogP) is 2.73. The Bertz CT molecular complexity index is 581. The summed E-state index contributed by atoms with van der Waals surface area (Å²) in [6.45, 7) is 5.33. The van der Waals surface area contributed by atoms with Crippen LogP contribution in [0.4, 0.5) is 5.69 Å². The molecule has 0 radical (unpaired) electrons. The summed E-state index contributed by atoms with van der Waals surface area (Å²) in [6.07, 6.45) is 2.48. The molecule has 0 spiro atoms. The highest BCUT2D eigenvalue weighted by Crippen LogP contribution is 2.22. The van der Waals surface area contributed by atoms with Crippen LogP contribution < -0.4 is 20.9 Å². The first-order valence-corrected chi connectivity index (χ1v) is 9.66. The van der Waals surface area contributed by atoms with Crippen LogP contribution in [0.2, 0.25) is 0 Å². The van der Waals surface area contributed by atoms with Crippen molar-refractivity contribution in [2.75, 3.05) is 38.1 Å². The second-order valence-electron chi connectivity index (χ2n) is 6.15. The molecular weight excluding hydrogens is 509 g/mol. The van der Waals surface area contributed by atoms with E-state index in [0.29, 0.717) is 19.0 Å². The van der Waals surface area contributed by atoms with E-state index in [4.69, 9.17) is 0 Å². The molecule has 1 saturated heterocycles. The summed E-state index contributed by atoms with van der Waals surface area (Å²) in [5, 5.41) is 9.54. The number of guanidine groups is 1. The van der Waals surface area contributed by atoms with Crippen LogP contribution in [0.1, 0.15) is 26.2 Å². The average molecular weight is 538 g/mol. The second kappa shape index (κ2) is 12.4. The number of benzene rings is 1. The van der Waals surface area contributed by atoms with Gasteiger partial charge in [-0.2, -0.15) is 0 Å². The van der Waals surface area contributed by atoms with Crippen LogP contribution in [0.15, 0.2) is 33.7 Å². The standard InChI is InChI=1S/C18H28BrN5O.HI/c1-3-10-21-17(25)8-11-22-18(20-2)23-15-9-12-24(13-15)16-6-4-14(19)5-7-16;/h4-7,15H,3,8-13H2,1-2H3,(H,21,25)(H2,20,22,23);1H. The lowest BCUT2D eigenvalue weighted by Gasteiger charge is -2.20. The van der Waals surface area contributed by atoms with Crippen molar-refractivity contribution < 1.29 is 4.79 Å². The molecule has 1 amide bonds. The number of nitrogens with one attached hydrogen (secondary N) is 3. The topological polar surface area (TPSA) is 68.8 Å². The third-order valence-electron chi connectivity index (χ3n) is 4.16. The molecule has 2 rings (SSSR count). The van der Waals surface area contributed by atoms with E-state index >= 15 is 0 Å². The highest BCUT2D eigenvalue weighted by Gasteiger charge is 2.23. The molecule has 0 bridgehead atoms. The molecule has 1 aromatic rings. The largest absolute Gasteiger partial charge is 0.369 e. The summed E-state index contributed by atoms with van der Waals surface area (Å²) >= 11 is 3.47. The zero-order chi connectivity index (χ0) is 18.1. The summed E-state index contributed by atoms with van der Waals surface area (Å²) in [4.78, 5) is 18.2. The molecule has 6 nitrogen and oxygen atoms in total. The zero-order valence-corrected chi connectivity index (χ0v) is 19.3. The lowest BCUT2D eigenvalue weighted by Crippen LogP contribution is -2.45. The number of aliphatic imine (C=N–C) groups is 1. The summed E-state index contributed by atoms with van der Waals surface area (Å²) in [7, 11) is 1.76. The van der Waals surface area contributed by atoms with Gasteiger partial charge < -0.3 is 20.9 Å². The van der Waals surface area contributed by atoms with E-state index in [1.54, 1.807) is 7.05 Å². The molecular formula is C18H29BrIN5O. The Morgan fingerprint density at radius 2 is 2.00 bits per heavy atom. The van der Waals surface area contributed by atoms with E-state index in [2.05, 4.69) is 66.0 Å². The first kappa shape index (κ1) is 23.0. The minimum absolute atomic E-state index is 0. The van der Waals surface area contributed by atoms with Gasteiger partial charge in [0.15, 0.2) is 5.96 Å². The molecule has 0 saturated carbocycles. The summed E-state index contributed by atoms with van der Waals surface area (Å²) < 4.78 is 1.10. The number of rotatable bonds is 7. The Morgan fingerprint density at radius 3 is 2.65 bits per heavy atom. The van der Waals surface area contributed by atoms with E-state index in [-0.39, 0.29) is 29.9 Å². The smallest absolute Gasteiger partial charge is 0.221 e. The molecule has 1 aromatic carbocycles. The Morgan fingerprint density at radius 1 is 1.27 bits per heavy atom. The van der Waals surface area contributed by atoms with Crippen molar-refractivity contribution in [3.8, 4) is 0 Å². The molecule has 146 valence electrons. The van der Waals surface area contributed by atoms with Gasteiger partial charge in [0.25, 0.3) is 0 Å². The molecule has 1 aliphatic heterocycles. The van der Waals surface area contributed by atoms with Crippen LogP contribution >= 0.6 is 39.9 Å². The lowest BCUT2D eigenvalue weighted by atomic mass is 10.2. The van der Waals surface area contributed by atoms with E-state index in [0.717, 1.165) is 42.9 Å². The van der Waals surface area contributed by atoms with Crippen molar-refractivity contribution >= 4 is 57.5 Å². The Hall–Kier alpha value is -1.03. The summed E-state index contributed by atoms with van der Waals surface area (Å²) in [5.74, 6) is 0.832. The third kappa shape index (κ3) is 7.69. The molecule has 1 atom stereocenters. The van der Waals surface area contributed by atoms with E-state index in [9.17, 15) is 4.79 Å². The van der Waals surface area contributed by atoms with Gasteiger partial charge in [-0.1, -0.05) is 22.9 Å². The highest BCUT2D eigenvalue weighted by atomic mass is 127. The van der Waals surface area contributed by atoms with E-state index in [1.807, 2.05) is 6.92 Å². The van der Waals surface area contributed by atoms with Crippen LogP contribution in [-0.2, 0) is 4.79 Å². The van der Waals surface area contributed by atoms with Crippen molar-refractivity contribution in [2.45, 2.75) is 32.2 Å². The van der Waals surface area contributed by atoms with Crippen LogP contribution in [0, 0.1) is 0 Å². The number of nitrogens with zero attached hydrogens (tertiary/aromatic N) is 2. The van der Waals surface area contributed by atoms with Crippen molar-refractivity contribution in [3.05, 3.63) is 28.7 Å². The number of amides is 1. The molecule has 0 aliphatic carbocycles. The fraction of sp³-hybridized carbons (Fsp3) is 0.556. The van der Waals surface area contributed by atoms with Gasteiger partial charge in [-0.3, -0.25) is 9.79 Å². The van der Waals surface area contributed by atoms with Gasteiger partial charge in [-0.15, -0.1) is 24.0 Å². The fourth-order valence-electron chi connectivity index (χ4n) is 2.80. The molecule has 26 heavy (non-hydrogen) atoms. The zero-order valence-electron chi connectivity index (χ0n) is 15.4. The maximum atomic E-state index is 11.6. The number of anilines is 1. The number of carbonyl (C=O) groups excluding carboxylic acids is 1. The van der Waals surface area contributed by atoms with Crippen LogP contribution in [0.25, 0.3) is 0 Å². The van der Waals surface area contributed by atoms with Gasteiger partial charge >= 0.3 is 0 Å². The molecule has 1 fully saturated rings. The average Bonchev–Trinajstić information content (AvgIpc) is 3.08. The van der Waals surface area contributed by atoms with Crippen molar-refractivity contribution in [1.82, 2.24) is 16.0 Å². The first-order valence-electron chi connectivity index (χ1n) is 8.86. The van der Waals surface area contributed by atoms with Gasteiger partial charge in [0, 0.05) is 55.8 Å². The van der Waals surface area contributed by atoms with Crippen molar-refractivity contribution in [1.29, 1.82) is 0 Å². The SMILES string of the molecule is CCCNC(=O)CCNC(=NC)NC1CCN(c2ccc(Br)cc2)C1.I. The Balaban J connectivity index is 0.00000338. The third-order valence-corrected chi connectivity index (χ3v) is 4.69. The monoisotopic (exact) mass is 537 g/mol. The minimum Gasteiger partial charge on any atom is -0.369 e. The van der Waals surface area contributed by atoms with Gasteiger partial charge in [-0.05, 0) is 37.1 Å². The first-order chi connectivity index (χ1) is 12.1. The molecule has 1 aliphatic rings. The Labute approximate surface area is 181 Å². The number of carbonyl (C=O) groups is 1. The van der Waals surface area contributed by atoms with Gasteiger partial charge in [-0.25, -0.2) is 0 Å². The van der Waals surface area contributed by atoms with Gasteiger partial charge in [0.05, 0.1) is 0 Å². The molecule has 3 N–H and O–H groups in total. The van der Waals surface area contributed by atoms with E-state index in [1.165, 1.54) is 5.69 Å². The summed E-state index contributed by atoms with van der Waals surface area (Å²) in [6, 6.07) is 8.76. The quantitative estimate of drug-likeness (QED) is 0.284. The Kier molecular flexibility index (Phi) is 11.0. The summed E-state index contributed by atoms with van der Waals surface area (Å²) in [5.41, 5.74) is 1.24. The molecule has 1 unspecified atom stereocenters. The van der Waals surface area contributed by atoms with Crippen LogP contribution in [0.3, 0.4) is 0 Å². The van der Waals surface area contributed by atoms with Crippen LogP contribution in [0.5, 0.6) is 0 Å². The van der Waals surface area contributed by atoms with Crippen LogP contribution in [-0.4, -0.2) is 51.1 Å². The normalized spacial score (nSPS) is 16.8. The molecule has 8 heteroatoms. The maximum Gasteiger partial charge on any atom is 0.221 e. The highest BCUT2D eigenvalue weighted by molar-refractivity contribution is 14.0. The maximum absolute atomic E-state index is 11.6. The molecule has 0 aromatic heterocycles. The minimum atomic E-state index is 0. The van der Waals surface area contributed by atoms with Crippen molar-refractivity contribution in [3.63, 3.8) is 0 Å². The lowest BCUT2D eigenvalue weighted by molar-refractivity contribution is -0.120. The molecule has 1 heterocycles. The van der Waals surface area contributed by atoms with Gasteiger partial charge in [0.2, 0.25) is 5.91 Å². The predicted molar refractivity (Wildman–Crippen MR) is 123 cm³/mol. The number of halogens is 2. The van der Waals surface area contributed by atoms with Gasteiger partial charge in [0.1, 0.15) is 0 Å². The second-order valence-corrected chi connectivity index (χ2v) is 7.07. The van der Waals surface area contributed by atoms with E-state index < -0.39 is 0 Å². The fourth-order valence-corrected chi connectivity index (χ4v) is 3.06. The number of hydrogen-bond acceptors (Lipinski definition) is 3. The number of hydrogen-bond donors (Lipinski definition) is 3.